The predicted octanol–water partition coefficient (Wildman–Crippen LogP) is 4.24. The first-order valence-corrected chi connectivity index (χ1v) is 29.1. The van der Waals surface area contributed by atoms with Crippen LogP contribution in [0.5, 0.6) is 0 Å². The van der Waals surface area contributed by atoms with Gasteiger partial charge in [0.05, 0.1) is 178 Å². The third kappa shape index (κ3) is 38.5. The predicted molar refractivity (Wildman–Crippen MR) is 292 cm³/mol. The minimum Gasteiger partial charge on any atom is -0.379 e. The maximum Gasteiger partial charge on any atom is 0.471 e. The van der Waals surface area contributed by atoms with Gasteiger partial charge in [0.25, 0.3) is 0 Å². The van der Waals surface area contributed by atoms with Crippen molar-refractivity contribution in [1.82, 2.24) is 10.6 Å². The summed E-state index contributed by atoms with van der Waals surface area (Å²) in [5, 5.41) is 5.70. The average molecular weight is 1140 g/mol. The van der Waals surface area contributed by atoms with Crippen LogP contribution in [0.1, 0.15) is 73.1 Å². The molecule has 0 saturated carbocycles. The number of nitrogens with one attached hydrogen (secondary N) is 2. The van der Waals surface area contributed by atoms with Crippen molar-refractivity contribution in [2.75, 3.05) is 199 Å². The van der Waals surface area contributed by atoms with Crippen molar-refractivity contribution in [1.29, 1.82) is 0 Å². The van der Waals surface area contributed by atoms with E-state index < -0.39 is 7.82 Å². The van der Waals surface area contributed by atoms with Crippen LogP contribution in [-0.4, -0.2) is 221 Å². The van der Waals surface area contributed by atoms with E-state index in [1.807, 2.05) is 48.5 Å². The number of unbranched alkanes of at least 4 members (excludes halogenated alkanes) is 3. The number of ether oxygens (including phenoxy) is 13. The van der Waals surface area contributed by atoms with Gasteiger partial charge in [-0.25, -0.2) is 4.57 Å². The Morgan fingerprint density at radius 1 is 0.456 bits per heavy atom. The average Bonchev–Trinajstić information content (AvgIpc) is 3.48. The van der Waals surface area contributed by atoms with Crippen LogP contribution in [0, 0.1) is 11.8 Å². The van der Waals surface area contributed by atoms with Gasteiger partial charge in [-0.05, 0) is 42.5 Å². The standard InChI is InChI=1S/C56H89N2O20P/c1-64-79(62,63)78-21-9-3-2-8-19-57-55(60)17-22-65-24-26-67-28-30-69-32-34-71-36-38-73-40-42-75-44-46-77-47-45-76-43-41-74-39-37-72-35-33-70-31-29-68-27-25-66-23-18-56(61)58-20-16-54(59)53-48-51-12-5-4-10-49(51)14-15-50-11-6-7-13-52(50)53/h4-7,10-13,53H,2-3,8-9,16-48H2,1H3,(H,57,60)(H,58,61)(H,62,63). The number of carbonyl (C=O) groups is 3. The Kier molecular flexibility index (Phi) is 43.0. The van der Waals surface area contributed by atoms with Crippen LogP contribution in [0.25, 0.3) is 0 Å². The van der Waals surface area contributed by atoms with Crippen molar-refractivity contribution in [2.45, 2.75) is 57.3 Å². The summed E-state index contributed by atoms with van der Waals surface area (Å²) in [5.74, 6) is 6.01. The number of amides is 2. The van der Waals surface area contributed by atoms with Crippen LogP contribution in [0.4, 0.5) is 0 Å². The molecule has 3 rings (SSSR count). The number of ketones is 1. The quantitative estimate of drug-likeness (QED) is 0.0476. The highest BCUT2D eigenvalue weighted by molar-refractivity contribution is 7.47. The first kappa shape index (κ1) is 69.5. The minimum absolute atomic E-state index is 0.0707. The maximum atomic E-state index is 13.4. The number of hydrogen-bond donors (Lipinski definition) is 3. The molecule has 0 bridgehead atoms. The summed E-state index contributed by atoms with van der Waals surface area (Å²) in [4.78, 5) is 46.8. The molecule has 0 aromatic heterocycles. The van der Waals surface area contributed by atoms with Gasteiger partial charge in [-0.3, -0.25) is 23.4 Å². The topological polar surface area (TPSA) is 251 Å². The summed E-state index contributed by atoms with van der Waals surface area (Å²) < 4.78 is 91.9. The third-order valence-electron chi connectivity index (χ3n) is 11.5. The van der Waals surface area contributed by atoms with Crippen molar-refractivity contribution in [3.63, 3.8) is 0 Å². The fraction of sp³-hybridized carbons (Fsp3) is 0.696. The molecule has 2 amide bonds. The molecule has 0 spiro atoms. The lowest BCUT2D eigenvalue weighted by Crippen LogP contribution is -2.29. The SMILES string of the molecule is COP(=O)(O)OCCCCCCNC(=O)CCOCCOCCOCCOCCOCCOCCOCCOCCOCCOCCOCCOCCOCCC(=O)NCCC(=O)C1Cc2ccccc2C#Cc2ccccc21. The van der Waals surface area contributed by atoms with Gasteiger partial charge in [0.2, 0.25) is 11.8 Å². The summed E-state index contributed by atoms with van der Waals surface area (Å²) in [6.45, 7) is 12.2. The first-order chi connectivity index (χ1) is 38.8. The van der Waals surface area contributed by atoms with Gasteiger partial charge in [0, 0.05) is 56.5 Å². The molecule has 0 saturated heterocycles. The lowest BCUT2D eigenvalue weighted by molar-refractivity contribution is -0.123. The normalized spacial score (nSPS) is 13.6. The number of phosphoric acid groups is 1. The molecular weight excluding hydrogens is 1050 g/mol. The Morgan fingerprint density at radius 2 is 0.810 bits per heavy atom. The fourth-order valence-corrected chi connectivity index (χ4v) is 7.74. The molecule has 0 heterocycles. The summed E-state index contributed by atoms with van der Waals surface area (Å²) in [7, 11) is -2.78. The van der Waals surface area contributed by atoms with E-state index in [1.54, 1.807) is 0 Å². The van der Waals surface area contributed by atoms with Gasteiger partial charge in [-0.1, -0.05) is 61.1 Å². The lowest BCUT2D eigenvalue weighted by atomic mass is 9.82. The van der Waals surface area contributed by atoms with Gasteiger partial charge >= 0.3 is 7.82 Å². The fourth-order valence-electron chi connectivity index (χ4n) is 7.27. The minimum atomic E-state index is -3.90. The van der Waals surface area contributed by atoms with Crippen LogP contribution in [0.15, 0.2) is 48.5 Å². The highest BCUT2D eigenvalue weighted by Crippen LogP contribution is 2.42. The Morgan fingerprint density at radius 3 is 1.24 bits per heavy atom. The Labute approximate surface area is 467 Å². The highest BCUT2D eigenvalue weighted by Gasteiger charge is 2.25. The van der Waals surface area contributed by atoms with Crippen LogP contribution < -0.4 is 10.6 Å². The third-order valence-corrected chi connectivity index (χ3v) is 12.5. The Bertz CT molecular complexity index is 1970. The smallest absolute Gasteiger partial charge is 0.379 e. The van der Waals surface area contributed by atoms with Crippen molar-refractivity contribution >= 4 is 25.4 Å². The van der Waals surface area contributed by atoms with Crippen molar-refractivity contribution in [3.8, 4) is 11.8 Å². The van der Waals surface area contributed by atoms with Crippen molar-refractivity contribution in [3.05, 3.63) is 70.8 Å². The van der Waals surface area contributed by atoms with Crippen molar-refractivity contribution < 1.29 is 94.5 Å². The Balaban J connectivity index is 0.918. The van der Waals surface area contributed by atoms with E-state index in [2.05, 4.69) is 27.0 Å². The monoisotopic (exact) mass is 1140 g/mol. The zero-order valence-corrected chi connectivity index (χ0v) is 47.4. The molecule has 2 aromatic rings. The number of rotatable bonds is 55. The van der Waals surface area contributed by atoms with E-state index in [1.165, 1.54) is 0 Å². The zero-order valence-electron chi connectivity index (χ0n) is 46.5. The van der Waals surface area contributed by atoms with Crippen molar-refractivity contribution in [2.24, 2.45) is 0 Å². The summed E-state index contributed by atoms with van der Waals surface area (Å²) >= 11 is 0. The summed E-state index contributed by atoms with van der Waals surface area (Å²) in [5.41, 5.74) is 3.79. The second kappa shape index (κ2) is 48.9. The second-order valence-electron chi connectivity index (χ2n) is 17.5. The molecule has 22 nitrogen and oxygen atoms in total. The van der Waals surface area contributed by atoms with E-state index >= 15 is 0 Å². The molecule has 2 atom stereocenters. The molecule has 0 aliphatic heterocycles. The molecule has 23 heteroatoms. The zero-order chi connectivity index (χ0) is 56.4. The number of carbonyl (C=O) groups excluding carboxylic acids is 3. The number of benzene rings is 2. The van der Waals surface area contributed by atoms with Gasteiger partial charge in [0.1, 0.15) is 5.78 Å². The molecule has 0 fully saturated rings. The van der Waals surface area contributed by atoms with E-state index in [0.717, 1.165) is 48.6 Å². The van der Waals surface area contributed by atoms with Gasteiger partial charge in [-0.15, -0.1) is 0 Å². The molecular formula is C56H89N2O20P. The van der Waals surface area contributed by atoms with Crippen LogP contribution in [0.3, 0.4) is 0 Å². The van der Waals surface area contributed by atoms with E-state index in [4.69, 9.17) is 71.0 Å². The molecule has 2 unspecified atom stereocenters. The molecule has 448 valence electrons. The Hall–Kier alpha value is -3.80. The number of phosphoric ester groups is 1. The first-order valence-electron chi connectivity index (χ1n) is 27.6. The molecule has 2 aromatic carbocycles. The molecule has 0 radical (unpaired) electrons. The van der Waals surface area contributed by atoms with Crippen LogP contribution >= 0.6 is 7.82 Å². The summed E-state index contributed by atoms with van der Waals surface area (Å²) in [6, 6.07) is 15.7. The van der Waals surface area contributed by atoms with Crippen LogP contribution in [0.2, 0.25) is 0 Å². The van der Waals surface area contributed by atoms with Gasteiger partial charge in [0.15, 0.2) is 0 Å². The molecule has 1 aliphatic rings. The lowest BCUT2D eigenvalue weighted by Gasteiger charge is -2.20. The molecule has 79 heavy (non-hydrogen) atoms. The largest absolute Gasteiger partial charge is 0.471 e. The molecule has 3 N–H and O–H groups in total. The van der Waals surface area contributed by atoms with Gasteiger partial charge in [-0.2, -0.15) is 0 Å². The highest BCUT2D eigenvalue weighted by atomic mass is 31.2. The maximum absolute atomic E-state index is 13.4. The molecule has 1 aliphatic carbocycles. The van der Waals surface area contributed by atoms with Gasteiger partial charge < -0.3 is 77.1 Å². The number of fused-ring (bicyclic) bond motifs is 2. The number of Topliss-reactive ketones (excluding diaryl/α,β-unsaturated/α-hetero) is 1. The second-order valence-corrected chi connectivity index (χ2v) is 19.1. The van der Waals surface area contributed by atoms with E-state index in [9.17, 15) is 18.9 Å². The number of hydrogen-bond acceptors (Lipinski definition) is 19. The summed E-state index contributed by atoms with van der Waals surface area (Å²) in [6.07, 6.45) is 4.44. The van der Waals surface area contributed by atoms with Crippen LogP contribution in [-0.2, 0) is 96.0 Å². The van der Waals surface area contributed by atoms with E-state index in [-0.39, 0.29) is 62.5 Å². The van der Waals surface area contributed by atoms with E-state index in [0.29, 0.717) is 185 Å².